The number of hydrogen-bond donors (Lipinski definition) is 2. The monoisotopic (exact) mass is 441 g/mol. The van der Waals surface area contributed by atoms with Gasteiger partial charge < -0.3 is 5.32 Å². The average Bonchev–Trinajstić information content (AvgIpc) is 3.44. The number of H-pyrrole nitrogens is 1. The van der Waals surface area contributed by atoms with Gasteiger partial charge in [0.2, 0.25) is 5.95 Å². The van der Waals surface area contributed by atoms with Crippen LogP contribution in [-0.4, -0.2) is 42.5 Å². The summed E-state index contributed by atoms with van der Waals surface area (Å²) in [7, 11) is 0. The van der Waals surface area contributed by atoms with Crippen molar-refractivity contribution < 1.29 is 13.2 Å². The number of aromatic nitrogens is 5. The van der Waals surface area contributed by atoms with Gasteiger partial charge >= 0.3 is 6.18 Å². The molecule has 2 N–H and O–H groups in total. The van der Waals surface area contributed by atoms with Gasteiger partial charge in [-0.3, -0.25) is 10.1 Å². The summed E-state index contributed by atoms with van der Waals surface area (Å²) in [6, 6.07) is 12.7. The van der Waals surface area contributed by atoms with Crippen molar-refractivity contribution in [2.45, 2.75) is 6.18 Å². The summed E-state index contributed by atoms with van der Waals surface area (Å²) in [6.45, 7) is 0.604. The molecular formula is C20H14F3N7S. The highest BCUT2D eigenvalue weighted by Gasteiger charge is 2.34. The van der Waals surface area contributed by atoms with Crippen LogP contribution in [0, 0.1) is 0 Å². The number of aliphatic imine (C=N–C) groups is 1. The standard InChI is InChI=1S/C20H14F3N7S/c21-20(22,23)13-7-3-1-5-11(13)15-25-17(18-24-9-10-31-18)28-19(26-15)27-16-12-6-2-4-8-14(12)29-30-16/h1-8H,9-10H2,(H2,25,26,27,28,29,30). The number of alkyl halides is 3. The van der Waals surface area contributed by atoms with E-state index in [1.807, 2.05) is 24.3 Å². The zero-order valence-corrected chi connectivity index (χ0v) is 16.6. The molecule has 5 rings (SSSR count). The molecule has 0 bridgehead atoms. The van der Waals surface area contributed by atoms with Crippen LogP contribution in [0.25, 0.3) is 22.3 Å². The third-order valence-corrected chi connectivity index (χ3v) is 5.56. The number of anilines is 2. The Bertz CT molecular complexity index is 1300. The molecule has 4 aromatic rings. The average molecular weight is 441 g/mol. The van der Waals surface area contributed by atoms with Gasteiger partial charge in [-0.2, -0.15) is 28.2 Å². The number of nitrogens with zero attached hydrogens (tertiary/aromatic N) is 5. The van der Waals surface area contributed by atoms with Crippen molar-refractivity contribution in [3.05, 3.63) is 59.9 Å². The van der Waals surface area contributed by atoms with Gasteiger partial charge in [-0.25, -0.2) is 4.98 Å². The molecule has 0 aliphatic carbocycles. The number of hydrogen-bond acceptors (Lipinski definition) is 7. The minimum atomic E-state index is -4.55. The molecule has 156 valence electrons. The zero-order valence-electron chi connectivity index (χ0n) is 15.8. The smallest absolute Gasteiger partial charge is 0.307 e. The van der Waals surface area contributed by atoms with E-state index in [2.05, 4.69) is 35.5 Å². The van der Waals surface area contributed by atoms with E-state index < -0.39 is 11.7 Å². The van der Waals surface area contributed by atoms with E-state index in [0.29, 0.717) is 17.4 Å². The summed E-state index contributed by atoms with van der Waals surface area (Å²) in [5, 5.41) is 11.5. The lowest BCUT2D eigenvalue weighted by Crippen LogP contribution is -2.12. The van der Waals surface area contributed by atoms with Crippen molar-refractivity contribution in [2.24, 2.45) is 4.99 Å². The highest BCUT2D eigenvalue weighted by molar-refractivity contribution is 8.14. The Labute approximate surface area is 178 Å². The van der Waals surface area contributed by atoms with Gasteiger partial charge in [-0.15, -0.1) is 11.8 Å². The first-order valence-electron chi connectivity index (χ1n) is 9.29. The fraction of sp³-hybridized carbons (Fsp3) is 0.150. The summed E-state index contributed by atoms with van der Waals surface area (Å²) in [4.78, 5) is 17.3. The van der Waals surface area contributed by atoms with Gasteiger partial charge in [0.1, 0.15) is 5.04 Å². The molecule has 7 nitrogen and oxygen atoms in total. The molecule has 0 spiro atoms. The van der Waals surface area contributed by atoms with E-state index >= 15 is 0 Å². The minimum Gasteiger partial charge on any atom is -0.307 e. The molecule has 0 atom stereocenters. The van der Waals surface area contributed by atoms with Crippen LogP contribution < -0.4 is 5.32 Å². The quantitative estimate of drug-likeness (QED) is 0.478. The SMILES string of the molecule is FC(F)(F)c1ccccc1-c1nc(Nc2n[nH]c3ccccc23)nc(C2=NCCS2)n1. The van der Waals surface area contributed by atoms with Crippen LogP contribution in [0.15, 0.2) is 53.5 Å². The van der Waals surface area contributed by atoms with Crippen LogP contribution in [-0.2, 0) is 6.18 Å². The van der Waals surface area contributed by atoms with Gasteiger partial charge in [-0.05, 0) is 18.2 Å². The van der Waals surface area contributed by atoms with E-state index in [1.165, 1.54) is 30.0 Å². The Morgan fingerprint density at radius 1 is 0.935 bits per heavy atom. The second kappa shape index (κ2) is 7.65. The molecule has 1 aliphatic rings. The number of thioether (sulfide) groups is 1. The van der Waals surface area contributed by atoms with Crippen molar-refractivity contribution in [1.29, 1.82) is 0 Å². The largest absolute Gasteiger partial charge is 0.417 e. The summed E-state index contributed by atoms with van der Waals surface area (Å²) >= 11 is 1.45. The molecule has 0 saturated carbocycles. The molecule has 31 heavy (non-hydrogen) atoms. The number of benzene rings is 2. The Morgan fingerprint density at radius 3 is 2.52 bits per heavy atom. The second-order valence-corrected chi connectivity index (χ2v) is 7.71. The van der Waals surface area contributed by atoms with E-state index in [0.717, 1.165) is 22.7 Å². The maximum Gasteiger partial charge on any atom is 0.417 e. The number of aromatic amines is 1. The molecule has 0 radical (unpaired) electrons. The molecule has 2 aromatic heterocycles. The molecule has 11 heteroatoms. The lowest BCUT2D eigenvalue weighted by atomic mass is 10.1. The zero-order chi connectivity index (χ0) is 21.4. The maximum atomic E-state index is 13.6. The van der Waals surface area contributed by atoms with Crippen molar-refractivity contribution in [3.63, 3.8) is 0 Å². The van der Waals surface area contributed by atoms with Gasteiger partial charge in [0.25, 0.3) is 0 Å². The van der Waals surface area contributed by atoms with E-state index in [4.69, 9.17) is 0 Å². The van der Waals surface area contributed by atoms with Crippen LogP contribution in [0.3, 0.4) is 0 Å². The maximum absolute atomic E-state index is 13.6. The molecule has 0 unspecified atom stereocenters. The van der Waals surface area contributed by atoms with Crippen molar-refractivity contribution in [3.8, 4) is 11.4 Å². The van der Waals surface area contributed by atoms with Crippen molar-refractivity contribution >= 4 is 39.5 Å². The first-order valence-corrected chi connectivity index (χ1v) is 10.3. The fourth-order valence-corrected chi connectivity index (χ4v) is 3.99. The van der Waals surface area contributed by atoms with Gasteiger partial charge in [0.05, 0.1) is 11.1 Å². The topological polar surface area (TPSA) is 91.7 Å². The Kier molecular flexibility index (Phi) is 4.81. The first-order chi connectivity index (χ1) is 15.0. The number of fused-ring (bicyclic) bond motifs is 1. The number of rotatable bonds is 4. The van der Waals surface area contributed by atoms with Crippen molar-refractivity contribution in [1.82, 2.24) is 25.1 Å². The Morgan fingerprint density at radius 2 is 1.71 bits per heavy atom. The summed E-state index contributed by atoms with van der Waals surface area (Å²) in [6.07, 6.45) is -4.55. The summed E-state index contributed by atoms with van der Waals surface area (Å²) in [5.41, 5.74) is -0.140. The molecule has 1 aliphatic heterocycles. The van der Waals surface area contributed by atoms with Crippen LogP contribution in [0.5, 0.6) is 0 Å². The van der Waals surface area contributed by atoms with E-state index in [-0.39, 0.29) is 23.2 Å². The second-order valence-electron chi connectivity index (χ2n) is 6.63. The van der Waals surface area contributed by atoms with E-state index in [9.17, 15) is 13.2 Å². The molecule has 0 saturated heterocycles. The normalized spacial score (nSPS) is 14.1. The fourth-order valence-electron chi connectivity index (χ4n) is 3.21. The van der Waals surface area contributed by atoms with Crippen LogP contribution in [0.4, 0.5) is 24.9 Å². The van der Waals surface area contributed by atoms with Crippen LogP contribution in [0.1, 0.15) is 11.4 Å². The number of para-hydroxylation sites is 1. The highest BCUT2D eigenvalue weighted by Crippen LogP contribution is 2.36. The lowest BCUT2D eigenvalue weighted by molar-refractivity contribution is -0.137. The number of nitrogens with one attached hydrogen (secondary N) is 2. The van der Waals surface area contributed by atoms with Gasteiger partial charge in [0.15, 0.2) is 17.5 Å². The summed E-state index contributed by atoms with van der Waals surface area (Å²) in [5.74, 6) is 1.46. The van der Waals surface area contributed by atoms with Gasteiger partial charge in [0, 0.05) is 23.2 Å². The molecular weight excluding hydrogens is 427 g/mol. The Hall–Kier alpha value is -3.47. The van der Waals surface area contributed by atoms with Crippen LogP contribution >= 0.6 is 11.8 Å². The molecule has 2 aromatic carbocycles. The third-order valence-electron chi connectivity index (χ3n) is 4.59. The summed E-state index contributed by atoms with van der Waals surface area (Å²) < 4.78 is 40.8. The van der Waals surface area contributed by atoms with Crippen molar-refractivity contribution in [2.75, 3.05) is 17.6 Å². The minimum absolute atomic E-state index is 0.0874. The first kappa shape index (κ1) is 19.5. The molecule has 3 heterocycles. The highest BCUT2D eigenvalue weighted by atomic mass is 32.2. The Balaban J connectivity index is 1.64. The number of halogens is 3. The molecule has 0 fully saturated rings. The predicted molar refractivity (Wildman–Crippen MR) is 114 cm³/mol. The van der Waals surface area contributed by atoms with Gasteiger partial charge in [-0.1, -0.05) is 30.3 Å². The predicted octanol–water partition coefficient (Wildman–Crippen LogP) is 4.67. The lowest BCUT2D eigenvalue weighted by Gasteiger charge is -2.13. The van der Waals surface area contributed by atoms with E-state index in [1.54, 1.807) is 0 Å². The van der Waals surface area contributed by atoms with Crippen LogP contribution in [0.2, 0.25) is 0 Å². The third kappa shape index (κ3) is 3.83. The molecule has 0 amide bonds.